The van der Waals surface area contributed by atoms with Crippen LogP contribution < -0.4 is 15.4 Å². The standard InChI is InChI=1S/C54H55F3N8O7S/c1-27(2)47(61-53(68)70-5)50(66)63-15-7-9-41(63)38-19-32(24-58-38)29-11-14-40-31(17-29)21-43-46-37(57)18-30(22-44(46)72-52(65(40)43)45-26-60-49(73-45)35-13-12-34(55)23-36(35)56)33-20-39(59-25-33)42-10-8-16-64(42)51(67)48(28(3)4)62-54(69)71-6/h11-14,17-18,21-28,41-42,47-48,52H,7-10,15-16,19-20H2,1-6H3,(H,61,68)(H,62,69)/t41-,42-,47-,48-,52?/m0/s1. The fraction of sp³-hybridized carbons (Fsp3) is 0.389. The summed E-state index contributed by atoms with van der Waals surface area (Å²) in [6, 6.07) is 12.4. The lowest BCUT2D eigenvalue weighted by Crippen LogP contribution is -2.53. The topological polar surface area (TPSA) is 169 Å². The van der Waals surface area contributed by atoms with Gasteiger partial charge in [0.25, 0.3) is 0 Å². The van der Waals surface area contributed by atoms with Gasteiger partial charge in [-0.1, -0.05) is 33.8 Å². The summed E-state index contributed by atoms with van der Waals surface area (Å²) in [7, 11) is 2.52. The van der Waals surface area contributed by atoms with E-state index < -0.39 is 47.9 Å². The van der Waals surface area contributed by atoms with Crippen LogP contribution in [-0.4, -0.2) is 106 Å². The Morgan fingerprint density at radius 3 is 1.92 bits per heavy atom. The molecule has 10 rings (SSSR count). The number of hydrogen-bond acceptors (Lipinski definition) is 11. The smallest absolute Gasteiger partial charge is 0.407 e. The molecule has 3 aromatic carbocycles. The first-order valence-electron chi connectivity index (χ1n) is 24.5. The number of allylic oxidation sites excluding steroid dienone is 2. The van der Waals surface area contributed by atoms with E-state index in [1.54, 1.807) is 23.4 Å². The van der Waals surface area contributed by atoms with Crippen molar-refractivity contribution in [3.8, 4) is 27.6 Å². The maximum atomic E-state index is 17.1. The molecule has 19 heteroatoms. The number of nitrogens with zero attached hydrogens (tertiary/aromatic N) is 6. The molecule has 2 aromatic heterocycles. The molecule has 2 N–H and O–H groups in total. The number of likely N-dealkylation sites (tertiary alicyclic amines) is 2. The van der Waals surface area contributed by atoms with Crippen molar-refractivity contribution >= 4 is 68.8 Å². The van der Waals surface area contributed by atoms with Crippen molar-refractivity contribution in [1.82, 2.24) is 30.0 Å². The van der Waals surface area contributed by atoms with E-state index in [4.69, 9.17) is 24.2 Å². The highest BCUT2D eigenvalue weighted by molar-refractivity contribution is 7.15. The van der Waals surface area contributed by atoms with Crippen molar-refractivity contribution in [2.24, 2.45) is 21.8 Å². The van der Waals surface area contributed by atoms with E-state index in [0.29, 0.717) is 53.5 Å². The van der Waals surface area contributed by atoms with Crippen LogP contribution in [0.4, 0.5) is 22.8 Å². The van der Waals surface area contributed by atoms with E-state index in [9.17, 15) is 23.6 Å². The molecular weight excluding hydrogens is 962 g/mol. The molecule has 15 nitrogen and oxygen atoms in total. The first kappa shape index (κ1) is 49.3. The summed E-state index contributed by atoms with van der Waals surface area (Å²) < 4.78 is 64.5. The first-order valence-corrected chi connectivity index (χ1v) is 25.3. The fourth-order valence-electron chi connectivity index (χ4n) is 10.7. The summed E-state index contributed by atoms with van der Waals surface area (Å²) in [5, 5.41) is 6.49. The number of carbonyl (C=O) groups is 4. The van der Waals surface area contributed by atoms with Gasteiger partial charge in [-0.05, 0) is 102 Å². The maximum Gasteiger partial charge on any atom is 0.407 e. The first-order chi connectivity index (χ1) is 35.1. The number of aromatic nitrogens is 2. The summed E-state index contributed by atoms with van der Waals surface area (Å²) in [6.07, 6.45) is 6.74. The van der Waals surface area contributed by atoms with Gasteiger partial charge < -0.3 is 34.6 Å². The Bertz CT molecular complexity index is 3200. The summed E-state index contributed by atoms with van der Waals surface area (Å²) in [4.78, 5) is 70.4. The number of amides is 4. The zero-order valence-corrected chi connectivity index (χ0v) is 42.0. The summed E-state index contributed by atoms with van der Waals surface area (Å²) in [5.74, 6) is -2.48. The number of methoxy groups -OCH3 is 2. The van der Waals surface area contributed by atoms with Gasteiger partial charge in [-0.15, -0.1) is 11.3 Å². The number of carbonyl (C=O) groups excluding carboxylic acids is 4. The number of hydrogen-bond donors (Lipinski definition) is 2. The van der Waals surface area contributed by atoms with Crippen LogP contribution in [0.25, 0.3) is 43.9 Å². The molecule has 0 bridgehead atoms. The molecule has 4 amide bonds. The number of benzene rings is 3. The molecule has 73 heavy (non-hydrogen) atoms. The Morgan fingerprint density at radius 1 is 0.740 bits per heavy atom. The Kier molecular flexibility index (Phi) is 13.5. The third-order valence-electron chi connectivity index (χ3n) is 14.4. The third kappa shape index (κ3) is 9.27. The molecule has 2 fully saturated rings. The van der Waals surface area contributed by atoms with Crippen molar-refractivity contribution in [3.05, 3.63) is 107 Å². The minimum atomic E-state index is -0.875. The molecule has 0 spiro atoms. The highest BCUT2D eigenvalue weighted by Gasteiger charge is 2.41. The largest absolute Gasteiger partial charge is 0.464 e. The minimum Gasteiger partial charge on any atom is -0.464 e. The van der Waals surface area contributed by atoms with E-state index in [1.165, 1.54) is 43.8 Å². The summed E-state index contributed by atoms with van der Waals surface area (Å²) in [6.45, 7) is 8.52. The lowest BCUT2D eigenvalue weighted by molar-refractivity contribution is -0.134. The predicted octanol–water partition coefficient (Wildman–Crippen LogP) is 9.90. The van der Waals surface area contributed by atoms with Gasteiger partial charge in [-0.3, -0.25) is 24.1 Å². The number of thiazole rings is 1. The van der Waals surface area contributed by atoms with Gasteiger partial charge in [-0.25, -0.2) is 27.7 Å². The normalized spacial score (nSPS) is 20.0. The van der Waals surface area contributed by atoms with Gasteiger partial charge in [0, 0.05) is 73.0 Å². The van der Waals surface area contributed by atoms with Gasteiger partial charge in [0.15, 0.2) is 0 Å². The van der Waals surface area contributed by atoms with Gasteiger partial charge in [0.1, 0.15) is 40.3 Å². The molecule has 2 saturated heterocycles. The zero-order chi connectivity index (χ0) is 51.4. The molecule has 5 aromatic rings. The number of fused-ring (bicyclic) bond motifs is 5. The number of aliphatic imine (C=N–C) groups is 2. The highest BCUT2D eigenvalue weighted by Crippen LogP contribution is 2.49. The molecule has 0 aliphatic carbocycles. The van der Waals surface area contributed by atoms with E-state index >= 15 is 8.78 Å². The van der Waals surface area contributed by atoms with E-state index in [0.717, 1.165) is 64.4 Å². The zero-order valence-electron chi connectivity index (χ0n) is 41.2. The fourth-order valence-corrected chi connectivity index (χ4v) is 11.7. The van der Waals surface area contributed by atoms with Crippen LogP contribution >= 0.6 is 11.3 Å². The SMILES string of the molecule is COC(=O)N[C@H](C(=O)N1CCC[C@H]1C1=NC=C(c2cc(F)c3c(c2)OC(c2cnc(-c4ccc(F)cc4F)s2)n2c-3cc3cc(C4=CN=C([C@@H]5CCCN5C(=O)[C@@H](NC(=O)OC)C(C)C)C4)ccc32)C1)C(C)C. The molecule has 1 unspecified atom stereocenters. The Morgan fingerprint density at radius 2 is 1.34 bits per heavy atom. The van der Waals surface area contributed by atoms with Gasteiger partial charge in [-0.2, -0.15) is 0 Å². The third-order valence-corrected chi connectivity index (χ3v) is 15.5. The lowest BCUT2D eigenvalue weighted by Gasteiger charge is -2.31. The van der Waals surface area contributed by atoms with Gasteiger partial charge >= 0.3 is 12.2 Å². The highest BCUT2D eigenvalue weighted by atomic mass is 32.1. The van der Waals surface area contributed by atoms with Crippen molar-refractivity contribution in [3.63, 3.8) is 0 Å². The van der Waals surface area contributed by atoms with Crippen molar-refractivity contribution in [1.29, 1.82) is 0 Å². The van der Waals surface area contributed by atoms with Crippen molar-refractivity contribution in [2.75, 3.05) is 27.3 Å². The second-order valence-corrected chi connectivity index (χ2v) is 20.7. The van der Waals surface area contributed by atoms with Crippen LogP contribution in [0.3, 0.4) is 0 Å². The second kappa shape index (κ2) is 20.0. The number of alkyl carbamates (subject to hydrolysis) is 2. The average molecular weight is 1020 g/mol. The molecule has 0 saturated carbocycles. The summed E-state index contributed by atoms with van der Waals surface area (Å²) >= 11 is 1.18. The Balaban J connectivity index is 0.946. The number of halogens is 3. The molecule has 5 aliphatic rings. The lowest BCUT2D eigenvalue weighted by atomic mass is 9.95. The predicted molar refractivity (Wildman–Crippen MR) is 271 cm³/mol. The second-order valence-electron chi connectivity index (χ2n) is 19.7. The van der Waals surface area contributed by atoms with E-state index in [1.807, 2.05) is 67.6 Å². The molecule has 0 radical (unpaired) electrons. The average Bonchev–Trinajstić information content (AvgIpc) is 4.23. The molecule has 380 valence electrons. The van der Waals surface area contributed by atoms with Crippen LogP contribution in [0.5, 0.6) is 5.75 Å². The van der Waals surface area contributed by atoms with E-state index in [2.05, 4.69) is 15.6 Å². The van der Waals surface area contributed by atoms with Crippen molar-refractivity contribution in [2.45, 2.75) is 96.6 Å². The number of rotatable bonds is 12. The Hall–Kier alpha value is -7.28. The molecule has 5 aliphatic heterocycles. The summed E-state index contributed by atoms with van der Waals surface area (Å²) in [5.41, 5.74) is 6.39. The van der Waals surface area contributed by atoms with Crippen LogP contribution in [0.1, 0.15) is 88.5 Å². The molecule has 5 atom stereocenters. The number of nitrogens with one attached hydrogen (secondary N) is 2. The van der Waals surface area contributed by atoms with Crippen LogP contribution in [0.15, 0.2) is 83.2 Å². The minimum absolute atomic E-state index is 0.129. The van der Waals surface area contributed by atoms with Crippen LogP contribution in [-0.2, 0) is 19.1 Å². The quantitative estimate of drug-likeness (QED) is 0.125. The molecule has 7 heterocycles. The van der Waals surface area contributed by atoms with Gasteiger partial charge in [0.2, 0.25) is 18.0 Å². The monoisotopic (exact) mass is 1020 g/mol. The van der Waals surface area contributed by atoms with Gasteiger partial charge in [0.05, 0.1) is 48.0 Å². The van der Waals surface area contributed by atoms with E-state index in [-0.39, 0.29) is 52.6 Å². The van der Waals surface area contributed by atoms with Crippen LogP contribution in [0, 0.1) is 29.3 Å². The Labute approximate surface area is 423 Å². The number of ether oxygens (including phenoxy) is 3. The van der Waals surface area contributed by atoms with Crippen LogP contribution in [0.2, 0.25) is 0 Å². The van der Waals surface area contributed by atoms with Crippen molar-refractivity contribution < 1.29 is 46.6 Å². The molecular formula is C54H55F3N8O7S. The maximum absolute atomic E-state index is 17.1.